The fraction of sp³-hybridized carbons (Fsp3) is 0.815. The third-order valence-electron chi connectivity index (χ3n) is 6.28. The summed E-state index contributed by atoms with van der Waals surface area (Å²) in [4.78, 5) is 12.9. The Morgan fingerprint density at radius 1 is 1.10 bits per heavy atom. The molecule has 1 aliphatic rings. The maximum absolute atomic E-state index is 11.2. The van der Waals surface area contributed by atoms with Crippen LogP contribution >= 0.6 is 11.8 Å². The van der Waals surface area contributed by atoms with Gasteiger partial charge in [0.2, 0.25) is 0 Å². The molecule has 0 spiro atoms. The minimum atomic E-state index is -0.0754. The van der Waals surface area contributed by atoms with Gasteiger partial charge in [-0.1, -0.05) is 77.0 Å². The first-order chi connectivity index (χ1) is 14.6. The number of hydrogen-bond acceptors (Lipinski definition) is 3. The van der Waals surface area contributed by atoms with Gasteiger partial charge in [-0.3, -0.25) is 4.79 Å². The zero-order chi connectivity index (χ0) is 22.0. The molecular weight excluding hydrogens is 388 g/mol. The SMILES string of the molecule is CCCCCC1=C(SCCCCCC(=O)OC)C(/C=C/CCC(C)CCCC)CC1. The number of methoxy groups -OCH3 is 1. The van der Waals surface area contributed by atoms with Crippen molar-refractivity contribution in [1.82, 2.24) is 0 Å². The summed E-state index contributed by atoms with van der Waals surface area (Å²) in [5.74, 6) is 2.63. The minimum Gasteiger partial charge on any atom is -0.469 e. The van der Waals surface area contributed by atoms with Crippen LogP contribution in [0.1, 0.15) is 117 Å². The first kappa shape index (κ1) is 27.3. The monoisotopic (exact) mass is 436 g/mol. The predicted octanol–water partition coefficient (Wildman–Crippen LogP) is 8.86. The average Bonchev–Trinajstić information content (AvgIpc) is 3.13. The van der Waals surface area contributed by atoms with Crippen LogP contribution in [0.25, 0.3) is 0 Å². The first-order valence-corrected chi connectivity index (χ1v) is 13.7. The Morgan fingerprint density at radius 3 is 2.63 bits per heavy atom. The largest absolute Gasteiger partial charge is 0.469 e. The fourth-order valence-electron chi connectivity index (χ4n) is 4.25. The molecular formula is C27H48O2S. The fourth-order valence-corrected chi connectivity index (χ4v) is 5.63. The lowest BCUT2D eigenvalue weighted by atomic mass is 9.98. The molecule has 0 aromatic heterocycles. The molecule has 3 heteroatoms. The van der Waals surface area contributed by atoms with Crippen LogP contribution in [0.15, 0.2) is 22.6 Å². The highest BCUT2D eigenvalue weighted by Gasteiger charge is 2.23. The molecule has 0 radical (unpaired) electrons. The van der Waals surface area contributed by atoms with Crippen molar-refractivity contribution in [3.8, 4) is 0 Å². The van der Waals surface area contributed by atoms with Crippen molar-refractivity contribution in [2.24, 2.45) is 11.8 Å². The van der Waals surface area contributed by atoms with E-state index in [0.29, 0.717) is 12.3 Å². The summed E-state index contributed by atoms with van der Waals surface area (Å²) >= 11 is 2.11. The van der Waals surface area contributed by atoms with Crippen LogP contribution in [0, 0.1) is 11.8 Å². The second-order valence-corrected chi connectivity index (χ2v) is 10.2. The number of allylic oxidation sites excluding steroid dienone is 4. The lowest BCUT2D eigenvalue weighted by Crippen LogP contribution is -1.99. The van der Waals surface area contributed by atoms with E-state index in [1.165, 1.54) is 89.9 Å². The zero-order valence-electron chi connectivity index (χ0n) is 20.3. The van der Waals surface area contributed by atoms with E-state index in [-0.39, 0.29) is 5.97 Å². The summed E-state index contributed by atoms with van der Waals surface area (Å²) in [7, 11) is 1.48. The number of esters is 1. The Hall–Kier alpha value is -0.700. The molecule has 0 saturated heterocycles. The van der Waals surface area contributed by atoms with E-state index < -0.39 is 0 Å². The Kier molecular flexibility index (Phi) is 16.3. The normalized spacial score (nSPS) is 17.8. The zero-order valence-corrected chi connectivity index (χ0v) is 21.2. The number of rotatable bonds is 18. The third-order valence-corrected chi connectivity index (χ3v) is 7.68. The van der Waals surface area contributed by atoms with E-state index in [2.05, 4.69) is 44.7 Å². The second kappa shape index (κ2) is 17.9. The summed E-state index contributed by atoms with van der Waals surface area (Å²) in [6.45, 7) is 6.99. The Morgan fingerprint density at radius 2 is 1.90 bits per heavy atom. The van der Waals surface area contributed by atoms with Crippen molar-refractivity contribution in [3.63, 3.8) is 0 Å². The van der Waals surface area contributed by atoms with Gasteiger partial charge in [0, 0.05) is 12.3 Å². The molecule has 1 aliphatic carbocycles. The van der Waals surface area contributed by atoms with Crippen LogP contribution in [0.3, 0.4) is 0 Å². The number of ether oxygens (including phenoxy) is 1. The van der Waals surface area contributed by atoms with Gasteiger partial charge in [0.05, 0.1) is 7.11 Å². The summed E-state index contributed by atoms with van der Waals surface area (Å²) < 4.78 is 4.73. The Balaban J connectivity index is 2.47. The highest BCUT2D eigenvalue weighted by molar-refractivity contribution is 8.03. The molecule has 0 saturated carbocycles. The van der Waals surface area contributed by atoms with Crippen molar-refractivity contribution in [2.45, 2.75) is 117 Å². The van der Waals surface area contributed by atoms with Crippen molar-refractivity contribution in [3.05, 3.63) is 22.6 Å². The van der Waals surface area contributed by atoms with Crippen LogP contribution < -0.4 is 0 Å². The molecule has 0 aliphatic heterocycles. The lowest BCUT2D eigenvalue weighted by molar-refractivity contribution is -0.140. The molecule has 2 nitrogen and oxygen atoms in total. The Labute approximate surface area is 191 Å². The maximum atomic E-state index is 11.2. The van der Waals surface area contributed by atoms with E-state index in [0.717, 1.165) is 18.8 Å². The summed E-state index contributed by atoms with van der Waals surface area (Å²) in [5, 5.41) is 0. The summed E-state index contributed by atoms with van der Waals surface area (Å²) in [6.07, 6.45) is 23.4. The van der Waals surface area contributed by atoms with Gasteiger partial charge in [0.25, 0.3) is 0 Å². The van der Waals surface area contributed by atoms with Gasteiger partial charge < -0.3 is 4.74 Å². The quantitative estimate of drug-likeness (QED) is 0.122. The number of hydrogen-bond donors (Lipinski definition) is 0. The third kappa shape index (κ3) is 12.2. The molecule has 0 aromatic carbocycles. The van der Waals surface area contributed by atoms with Gasteiger partial charge in [-0.15, -0.1) is 11.8 Å². The van der Waals surface area contributed by atoms with E-state index in [1.54, 1.807) is 10.5 Å². The molecule has 30 heavy (non-hydrogen) atoms. The van der Waals surface area contributed by atoms with E-state index in [1.807, 2.05) is 0 Å². The number of carbonyl (C=O) groups excluding carboxylic acids is 1. The number of unbranched alkanes of at least 4 members (excludes halogenated alkanes) is 5. The molecule has 2 atom stereocenters. The first-order valence-electron chi connectivity index (χ1n) is 12.7. The van der Waals surface area contributed by atoms with Crippen LogP contribution in [0.2, 0.25) is 0 Å². The number of thioether (sulfide) groups is 1. The summed E-state index contributed by atoms with van der Waals surface area (Å²) in [5.41, 5.74) is 1.74. The summed E-state index contributed by atoms with van der Waals surface area (Å²) in [6, 6.07) is 0. The number of carbonyl (C=O) groups is 1. The average molecular weight is 437 g/mol. The van der Waals surface area contributed by atoms with Gasteiger partial charge in [-0.2, -0.15) is 0 Å². The van der Waals surface area contributed by atoms with Crippen LogP contribution in [0.4, 0.5) is 0 Å². The van der Waals surface area contributed by atoms with E-state index in [4.69, 9.17) is 4.74 Å². The molecule has 2 unspecified atom stereocenters. The van der Waals surface area contributed by atoms with Gasteiger partial charge >= 0.3 is 5.97 Å². The standard InChI is InChI=1S/C27H48O2S/c1-5-7-10-17-24-20-21-25(18-13-12-16-23(3)15-8-6-2)27(24)30-22-14-9-11-19-26(28)29-4/h13,18,23,25H,5-12,14-17,19-22H2,1-4H3/b18-13+. The van der Waals surface area contributed by atoms with Crippen molar-refractivity contribution in [1.29, 1.82) is 0 Å². The molecule has 0 aromatic rings. The van der Waals surface area contributed by atoms with E-state index in [9.17, 15) is 4.79 Å². The van der Waals surface area contributed by atoms with Gasteiger partial charge in [0.1, 0.15) is 0 Å². The van der Waals surface area contributed by atoms with Crippen molar-refractivity contribution < 1.29 is 9.53 Å². The van der Waals surface area contributed by atoms with Crippen molar-refractivity contribution >= 4 is 17.7 Å². The highest BCUT2D eigenvalue weighted by Crippen LogP contribution is 2.42. The molecule has 1 rings (SSSR count). The smallest absolute Gasteiger partial charge is 0.305 e. The second-order valence-electron chi connectivity index (χ2n) is 9.06. The molecule has 0 heterocycles. The van der Waals surface area contributed by atoms with Crippen molar-refractivity contribution in [2.75, 3.05) is 12.9 Å². The van der Waals surface area contributed by atoms with Crippen LogP contribution in [-0.2, 0) is 9.53 Å². The molecule has 0 fully saturated rings. The van der Waals surface area contributed by atoms with Gasteiger partial charge in [-0.05, 0) is 67.9 Å². The topological polar surface area (TPSA) is 26.3 Å². The molecule has 0 N–H and O–H groups in total. The molecule has 0 bridgehead atoms. The highest BCUT2D eigenvalue weighted by atomic mass is 32.2. The van der Waals surface area contributed by atoms with Gasteiger partial charge in [0.15, 0.2) is 0 Å². The van der Waals surface area contributed by atoms with E-state index >= 15 is 0 Å². The molecule has 0 amide bonds. The predicted molar refractivity (Wildman–Crippen MR) is 134 cm³/mol. The van der Waals surface area contributed by atoms with Crippen LogP contribution in [0.5, 0.6) is 0 Å². The van der Waals surface area contributed by atoms with Crippen LogP contribution in [-0.4, -0.2) is 18.8 Å². The minimum absolute atomic E-state index is 0.0754. The lowest BCUT2D eigenvalue weighted by Gasteiger charge is -2.13. The van der Waals surface area contributed by atoms with Gasteiger partial charge in [-0.25, -0.2) is 0 Å². The Bertz CT molecular complexity index is 509. The maximum Gasteiger partial charge on any atom is 0.305 e. The molecule has 174 valence electrons.